The summed E-state index contributed by atoms with van der Waals surface area (Å²) in [5.74, 6) is 0.0381. The largest absolute Gasteiger partial charge is 0.482 e. The Morgan fingerprint density at radius 3 is 2.53 bits per heavy atom. The Morgan fingerprint density at radius 2 is 1.80 bits per heavy atom. The molecule has 4 rings (SSSR count). The predicted octanol–water partition coefficient (Wildman–Crippen LogP) is 4.96. The van der Waals surface area contributed by atoms with E-state index >= 15 is 0 Å². The van der Waals surface area contributed by atoms with Gasteiger partial charge in [-0.3, -0.25) is 4.79 Å². The first kappa shape index (κ1) is 20.0. The summed E-state index contributed by atoms with van der Waals surface area (Å²) in [7, 11) is 0. The van der Waals surface area contributed by atoms with Crippen molar-refractivity contribution in [2.75, 3.05) is 11.9 Å². The second-order valence-electron chi connectivity index (χ2n) is 6.90. The van der Waals surface area contributed by atoms with Crippen molar-refractivity contribution in [1.29, 1.82) is 0 Å². The predicted molar refractivity (Wildman–Crippen MR) is 117 cm³/mol. The van der Waals surface area contributed by atoms with Gasteiger partial charge in [-0.05, 0) is 89.4 Å². The molecule has 0 saturated carbocycles. The molecule has 1 heterocycles. The van der Waals surface area contributed by atoms with Gasteiger partial charge in [-0.25, -0.2) is 4.39 Å². The first-order chi connectivity index (χ1) is 14.4. The highest BCUT2D eigenvalue weighted by molar-refractivity contribution is 9.10. The third-order valence-electron chi connectivity index (χ3n) is 4.44. The Balaban J connectivity index is 1.46. The number of hydrogen-bond acceptors (Lipinski definition) is 4. The molecule has 0 bridgehead atoms. The second-order valence-corrected chi connectivity index (χ2v) is 7.75. The van der Waals surface area contributed by atoms with Crippen molar-refractivity contribution in [2.24, 2.45) is 0 Å². The van der Waals surface area contributed by atoms with Crippen LogP contribution in [0.5, 0.6) is 5.75 Å². The molecule has 0 unspecified atom stereocenters. The molecule has 1 N–H and O–H groups in total. The minimum Gasteiger partial charge on any atom is -0.482 e. The summed E-state index contributed by atoms with van der Waals surface area (Å²) in [6, 6.07) is 15.1. The van der Waals surface area contributed by atoms with Crippen LogP contribution >= 0.6 is 15.9 Å². The van der Waals surface area contributed by atoms with E-state index in [1.165, 1.54) is 16.9 Å². The lowest BCUT2D eigenvalue weighted by Crippen LogP contribution is -2.20. The molecule has 0 aliphatic heterocycles. The SMILES string of the molecule is Cc1cc(C)c(OCC(=O)Nc2ccc3nn(-c4ccc(F)cc4)nc3c2)c(Br)c1. The van der Waals surface area contributed by atoms with E-state index in [2.05, 4.69) is 31.4 Å². The van der Waals surface area contributed by atoms with E-state index < -0.39 is 0 Å². The summed E-state index contributed by atoms with van der Waals surface area (Å²) in [6.07, 6.45) is 0. The van der Waals surface area contributed by atoms with E-state index in [1.807, 2.05) is 26.0 Å². The van der Waals surface area contributed by atoms with Gasteiger partial charge in [0, 0.05) is 5.69 Å². The number of nitrogens with one attached hydrogen (secondary N) is 1. The van der Waals surface area contributed by atoms with E-state index in [0.717, 1.165) is 15.6 Å². The second kappa shape index (κ2) is 8.23. The summed E-state index contributed by atoms with van der Waals surface area (Å²) in [5, 5.41) is 11.6. The summed E-state index contributed by atoms with van der Waals surface area (Å²) >= 11 is 3.47. The summed E-state index contributed by atoms with van der Waals surface area (Å²) < 4.78 is 19.6. The van der Waals surface area contributed by atoms with Crippen molar-refractivity contribution in [1.82, 2.24) is 15.0 Å². The number of anilines is 1. The van der Waals surface area contributed by atoms with Crippen molar-refractivity contribution in [3.8, 4) is 11.4 Å². The van der Waals surface area contributed by atoms with Crippen LogP contribution in [0.25, 0.3) is 16.7 Å². The average Bonchev–Trinajstić information content (AvgIpc) is 3.11. The van der Waals surface area contributed by atoms with Crippen molar-refractivity contribution < 1.29 is 13.9 Å². The zero-order valence-electron chi connectivity index (χ0n) is 16.3. The van der Waals surface area contributed by atoms with E-state index in [1.54, 1.807) is 30.3 Å². The van der Waals surface area contributed by atoms with Crippen LogP contribution in [0.1, 0.15) is 11.1 Å². The quantitative estimate of drug-likeness (QED) is 0.449. The monoisotopic (exact) mass is 468 g/mol. The molecule has 30 heavy (non-hydrogen) atoms. The van der Waals surface area contributed by atoms with Crippen LogP contribution in [-0.4, -0.2) is 27.5 Å². The third-order valence-corrected chi connectivity index (χ3v) is 5.03. The highest BCUT2D eigenvalue weighted by atomic mass is 79.9. The first-order valence-electron chi connectivity index (χ1n) is 9.21. The highest BCUT2D eigenvalue weighted by Gasteiger charge is 2.11. The number of nitrogens with zero attached hydrogens (tertiary/aromatic N) is 3. The number of amides is 1. The zero-order valence-corrected chi connectivity index (χ0v) is 17.9. The van der Waals surface area contributed by atoms with Crippen LogP contribution in [0.2, 0.25) is 0 Å². The zero-order chi connectivity index (χ0) is 21.3. The molecule has 6 nitrogen and oxygen atoms in total. The minimum atomic E-state index is -0.324. The Labute approximate surface area is 180 Å². The van der Waals surface area contributed by atoms with Crippen LogP contribution in [0.15, 0.2) is 59.1 Å². The van der Waals surface area contributed by atoms with Crippen molar-refractivity contribution in [3.63, 3.8) is 0 Å². The van der Waals surface area contributed by atoms with Gasteiger partial charge in [0.05, 0.1) is 10.2 Å². The number of halogens is 2. The fourth-order valence-electron chi connectivity index (χ4n) is 3.10. The molecule has 8 heteroatoms. The Hall–Kier alpha value is -3.26. The maximum absolute atomic E-state index is 13.1. The molecule has 3 aromatic carbocycles. The number of carbonyl (C=O) groups excluding carboxylic acids is 1. The molecule has 4 aromatic rings. The lowest BCUT2D eigenvalue weighted by Gasteiger charge is -2.12. The molecule has 1 amide bonds. The molecule has 0 aliphatic rings. The van der Waals surface area contributed by atoms with E-state index in [9.17, 15) is 9.18 Å². The standard InChI is InChI=1S/C22H18BrFN4O2/c1-13-9-14(2)22(18(23)10-13)30-12-21(29)25-16-5-8-19-20(11-16)27-28(26-19)17-6-3-15(24)4-7-17/h3-11H,12H2,1-2H3,(H,25,29). The molecule has 1 aromatic heterocycles. The molecular formula is C22H18BrFN4O2. The van der Waals surface area contributed by atoms with Gasteiger partial charge in [0.2, 0.25) is 0 Å². The van der Waals surface area contributed by atoms with Crippen LogP contribution in [-0.2, 0) is 4.79 Å². The van der Waals surface area contributed by atoms with Gasteiger partial charge in [0.25, 0.3) is 5.91 Å². The number of fused-ring (bicyclic) bond motifs is 1. The smallest absolute Gasteiger partial charge is 0.262 e. The summed E-state index contributed by atoms with van der Waals surface area (Å²) in [4.78, 5) is 13.8. The number of rotatable bonds is 5. The Kier molecular flexibility index (Phi) is 5.50. The van der Waals surface area contributed by atoms with Crippen molar-refractivity contribution in [3.05, 3.63) is 76.0 Å². The van der Waals surface area contributed by atoms with Gasteiger partial charge in [-0.2, -0.15) is 4.80 Å². The maximum atomic E-state index is 13.1. The fourth-order valence-corrected chi connectivity index (χ4v) is 3.89. The third kappa shape index (κ3) is 4.33. The first-order valence-corrected chi connectivity index (χ1v) is 10.0. The summed E-state index contributed by atoms with van der Waals surface area (Å²) in [6.45, 7) is 3.81. The van der Waals surface area contributed by atoms with Gasteiger partial charge < -0.3 is 10.1 Å². The van der Waals surface area contributed by atoms with Gasteiger partial charge in [0.15, 0.2) is 6.61 Å². The molecule has 0 aliphatic carbocycles. The van der Waals surface area contributed by atoms with Crippen LogP contribution in [0, 0.1) is 19.7 Å². The Morgan fingerprint density at radius 1 is 1.07 bits per heavy atom. The van der Waals surface area contributed by atoms with E-state index in [-0.39, 0.29) is 18.3 Å². The molecule has 0 saturated heterocycles. The maximum Gasteiger partial charge on any atom is 0.262 e. The average molecular weight is 469 g/mol. The molecular weight excluding hydrogens is 451 g/mol. The van der Waals surface area contributed by atoms with Gasteiger partial charge in [-0.1, -0.05) is 6.07 Å². The summed E-state index contributed by atoms with van der Waals surface area (Å²) in [5.41, 5.74) is 4.56. The molecule has 152 valence electrons. The number of benzene rings is 3. The molecule has 0 fully saturated rings. The van der Waals surface area contributed by atoms with Crippen LogP contribution in [0.3, 0.4) is 0 Å². The lowest BCUT2D eigenvalue weighted by molar-refractivity contribution is -0.118. The normalized spacial score (nSPS) is 10.9. The van der Waals surface area contributed by atoms with Gasteiger partial charge in [0.1, 0.15) is 22.6 Å². The molecule has 0 atom stereocenters. The van der Waals surface area contributed by atoms with Crippen LogP contribution < -0.4 is 10.1 Å². The van der Waals surface area contributed by atoms with Gasteiger partial charge in [-0.15, -0.1) is 10.2 Å². The lowest BCUT2D eigenvalue weighted by atomic mass is 10.1. The minimum absolute atomic E-state index is 0.122. The number of carbonyl (C=O) groups is 1. The number of aryl methyl sites for hydroxylation is 2. The number of aromatic nitrogens is 3. The van der Waals surface area contributed by atoms with Crippen molar-refractivity contribution in [2.45, 2.75) is 13.8 Å². The number of ether oxygens (including phenoxy) is 1. The topological polar surface area (TPSA) is 69.0 Å². The van der Waals surface area contributed by atoms with E-state index in [4.69, 9.17) is 4.74 Å². The molecule has 0 radical (unpaired) electrons. The Bertz CT molecular complexity index is 1210. The fraction of sp³-hybridized carbons (Fsp3) is 0.136. The van der Waals surface area contributed by atoms with Crippen LogP contribution in [0.4, 0.5) is 10.1 Å². The van der Waals surface area contributed by atoms with E-state index in [0.29, 0.717) is 28.2 Å². The van der Waals surface area contributed by atoms with Crippen molar-refractivity contribution >= 4 is 38.6 Å². The molecule has 0 spiro atoms. The number of hydrogen-bond donors (Lipinski definition) is 1. The highest BCUT2D eigenvalue weighted by Crippen LogP contribution is 2.30. The van der Waals surface area contributed by atoms with Gasteiger partial charge >= 0.3 is 0 Å².